The molecule has 1 heterocycles. The zero-order valence-electron chi connectivity index (χ0n) is 12.8. The maximum absolute atomic E-state index is 11.3. The Labute approximate surface area is 124 Å². The molecule has 0 aliphatic heterocycles. The Bertz CT molecular complexity index is 520. The van der Waals surface area contributed by atoms with E-state index in [1.165, 1.54) is 6.42 Å². The Morgan fingerprint density at radius 1 is 1.24 bits per heavy atom. The number of nitro groups is 1. The lowest BCUT2D eigenvalue weighted by Crippen LogP contribution is -2.21. The predicted molar refractivity (Wildman–Crippen MR) is 82.6 cm³/mol. The van der Waals surface area contributed by atoms with Gasteiger partial charge in [0.15, 0.2) is 0 Å². The van der Waals surface area contributed by atoms with Gasteiger partial charge in [-0.1, -0.05) is 19.8 Å². The number of anilines is 2. The van der Waals surface area contributed by atoms with Gasteiger partial charge in [-0.3, -0.25) is 10.1 Å². The van der Waals surface area contributed by atoms with Crippen LogP contribution in [0.15, 0.2) is 0 Å². The van der Waals surface area contributed by atoms with Crippen LogP contribution < -0.4 is 10.6 Å². The van der Waals surface area contributed by atoms with Crippen LogP contribution in [-0.2, 0) is 0 Å². The molecular formula is C14H23N5O2. The summed E-state index contributed by atoms with van der Waals surface area (Å²) in [5, 5.41) is 17.4. The number of aryl methyl sites for hydroxylation is 1. The highest BCUT2D eigenvalue weighted by atomic mass is 16.6. The first kappa shape index (κ1) is 15.5. The lowest BCUT2D eigenvalue weighted by atomic mass is 10.0. The molecule has 0 bridgehead atoms. The summed E-state index contributed by atoms with van der Waals surface area (Å²) in [5.74, 6) is 1.46. The van der Waals surface area contributed by atoms with E-state index in [2.05, 4.69) is 27.5 Å². The van der Waals surface area contributed by atoms with Crippen molar-refractivity contribution in [1.82, 2.24) is 9.97 Å². The fourth-order valence-electron chi connectivity index (χ4n) is 2.82. The fourth-order valence-corrected chi connectivity index (χ4v) is 2.82. The van der Waals surface area contributed by atoms with Gasteiger partial charge in [0.2, 0.25) is 11.8 Å². The van der Waals surface area contributed by atoms with Gasteiger partial charge in [-0.15, -0.1) is 0 Å². The molecule has 2 atom stereocenters. The SMILES string of the molecule is CNc1nc(C)c([N+](=O)[O-])c(NC2CCCC(C)CC2)n1. The van der Waals surface area contributed by atoms with Gasteiger partial charge in [0.1, 0.15) is 5.69 Å². The molecule has 1 aromatic rings. The maximum Gasteiger partial charge on any atom is 0.332 e. The van der Waals surface area contributed by atoms with Gasteiger partial charge in [0.05, 0.1) is 4.92 Å². The van der Waals surface area contributed by atoms with Gasteiger partial charge >= 0.3 is 5.69 Å². The molecule has 21 heavy (non-hydrogen) atoms. The molecule has 7 heteroatoms. The summed E-state index contributed by atoms with van der Waals surface area (Å²) in [6.45, 7) is 3.90. The highest BCUT2D eigenvalue weighted by Gasteiger charge is 2.25. The van der Waals surface area contributed by atoms with E-state index < -0.39 is 4.92 Å². The van der Waals surface area contributed by atoms with E-state index in [-0.39, 0.29) is 11.7 Å². The summed E-state index contributed by atoms with van der Waals surface area (Å²) >= 11 is 0. The van der Waals surface area contributed by atoms with E-state index in [1.807, 2.05) is 0 Å². The standard InChI is InChI=1S/C14H23N5O2/c1-9-5-4-6-11(8-7-9)17-13-12(19(20)21)10(2)16-14(15-3)18-13/h9,11H,4-8H2,1-3H3,(H2,15,16,17,18). The minimum absolute atomic E-state index is 0.0219. The van der Waals surface area contributed by atoms with Gasteiger partial charge < -0.3 is 10.6 Å². The van der Waals surface area contributed by atoms with Crippen LogP contribution in [0.1, 0.15) is 44.7 Å². The highest BCUT2D eigenvalue weighted by Crippen LogP contribution is 2.30. The van der Waals surface area contributed by atoms with E-state index in [1.54, 1.807) is 14.0 Å². The first-order chi connectivity index (χ1) is 10.0. The number of nitrogens with zero attached hydrogens (tertiary/aromatic N) is 3. The number of nitrogens with one attached hydrogen (secondary N) is 2. The molecule has 1 fully saturated rings. The first-order valence-corrected chi connectivity index (χ1v) is 7.48. The zero-order chi connectivity index (χ0) is 15.4. The Kier molecular flexibility index (Phi) is 4.93. The van der Waals surface area contributed by atoms with Gasteiger partial charge in [-0.25, -0.2) is 4.98 Å². The third kappa shape index (κ3) is 3.80. The van der Waals surface area contributed by atoms with E-state index in [0.29, 0.717) is 17.5 Å². The quantitative estimate of drug-likeness (QED) is 0.503. The summed E-state index contributed by atoms with van der Waals surface area (Å²) in [6.07, 6.45) is 5.57. The molecule has 0 radical (unpaired) electrons. The molecule has 0 saturated heterocycles. The van der Waals surface area contributed by atoms with Crippen LogP contribution in [0.2, 0.25) is 0 Å². The topological polar surface area (TPSA) is 93.0 Å². The van der Waals surface area contributed by atoms with Crippen molar-refractivity contribution in [3.63, 3.8) is 0 Å². The molecule has 0 amide bonds. The Morgan fingerprint density at radius 3 is 2.67 bits per heavy atom. The van der Waals surface area contributed by atoms with Crippen LogP contribution in [-0.4, -0.2) is 28.0 Å². The van der Waals surface area contributed by atoms with Gasteiger partial charge in [-0.05, 0) is 32.1 Å². The normalized spacial score (nSPS) is 22.4. The molecule has 1 aliphatic carbocycles. The third-order valence-corrected chi connectivity index (χ3v) is 4.06. The molecule has 1 aromatic heterocycles. The molecule has 1 saturated carbocycles. The van der Waals surface area contributed by atoms with Crippen molar-refractivity contribution in [2.45, 2.75) is 52.0 Å². The second-order valence-electron chi connectivity index (χ2n) is 5.79. The third-order valence-electron chi connectivity index (χ3n) is 4.06. The molecule has 2 unspecified atom stereocenters. The van der Waals surface area contributed by atoms with Crippen molar-refractivity contribution in [3.05, 3.63) is 15.8 Å². The predicted octanol–water partition coefficient (Wildman–Crippen LogP) is 3.12. The van der Waals surface area contributed by atoms with Crippen LogP contribution in [0.4, 0.5) is 17.5 Å². The molecule has 7 nitrogen and oxygen atoms in total. The van der Waals surface area contributed by atoms with Crippen molar-refractivity contribution in [2.24, 2.45) is 5.92 Å². The smallest absolute Gasteiger partial charge is 0.332 e. The van der Waals surface area contributed by atoms with Gasteiger partial charge in [0.25, 0.3) is 0 Å². The first-order valence-electron chi connectivity index (χ1n) is 7.48. The minimum Gasteiger partial charge on any atom is -0.361 e. The Hall–Kier alpha value is -1.92. The van der Waals surface area contributed by atoms with Crippen LogP contribution in [0, 0.1) is 23.0 Å². The largest absolute Gasteiger partial charge is 0.361 e. The van der Waals surface area contributed by atoms with Gasteiger partial charge in [-0.2, -0.15) is 4.98 Å². The summed E-state index contributed by atoms with van der Waals surface area (Å²) in [7, 11) is 1.71. The van der Waals surface area contributed by atoms with Crippen molar-refractivity contribution < 1.29 is 4.92 Å². The molecule has 2 N–H and O–H groups in total. The van der Waals surface area contributed by atoms with E-state index in [9.17, 15) is 10.1 Å². The van der Waals surface area contributed by atoms with Gasteiger partial charge in [0, 0.05) is 13.1 Å². The van der Waals surface area contributed by atoms with E-state index in [4.69, 9.17) is 0 Å². The number of hydrogen-bond acceptors (Lipinski definition) is 6. The number of aromatic nitrogens is 2. The number of rotatable bonds is 4. The highest BCUT2D eigenvalue weighted by molar-refractivity contribution is 5.61. The molecule has 116 valence electrons. The molecule has 0 aromatic carbocycles. The van der Waals surface area contributed by atoms with Crippen molar-refractivity contribution >= 4 is 17.5 Å². The minimum atomic E-state index is -0.406. The zero-order valence-corrected chi connectivity index (χ0v) is 12.8. The van der Waals surface area contributed by atoms with Crippen LogP contribution in [0.3, 0.4) is 0 Å². The monoisotopic (exact) mass is 293 g/mol. The summed E-state index contributed by atoms with van der Waals surface area (Å²) in [6, 6.07) is 0.243. The summed E-state index contributed by atoms with van der Waals surface area (Å²) < 4.78 is 0. The molecule has 1 aliphatic rings. The maximum atomic E-state index is 11.3. The summed E-state index contributed by atoms with van der Waals surface area (Å²) in [5.41, 5.74) is 0.357. The molecule has 0 spiro atoms. The van der Waals surface area contributed by atoms with Crippen molar-refractivity contribution in [2.75, 3.05) is 17.7 Å². The van der Waals surface area contributed by atoms with Crippen LogP contribution in [0.25, 0.3) is 0 Å². The lowest BCUT2D eigenvalue weighted by molar-refractivity contribution is -0.385. The van der Waals surface area contributed by atoms with Crippen LogP contribution >= 0.6 is 0 Å². The average molecular weight is 293 g/mol. The second-order valence-corrected chi connectivity index (χ2v) is 5.79. The van der Waals surface area contributed by atoms with E-state index in [0.717, 1.165) is 31.6 Å². The number of hydrogen-bond donors (Lipinski definition) is 2. The van der Waals surface area contributed by atoms with Crippen molar-refractivity contribution in [3.8, 4) is 0 Å². The van der Waals surface area contributed by atoms with Crippen molar-refractivity contribution in [1.29, 1.82) is 0 Å². The van der Waals surface area contributed by atoms with Crippen LogP contribution in [0.5, 0.6) is 0 Å². The van der Waals surface area contributed by atoms with E-state index >= 15 is 0 Å². The fraction of sp³-hybridized carbons (Fsp3) is 0.714. The average Bonchev–Trinajstić information content (AvgIpc) is 2.62. The second kappa shape index (κ2) is 6.69. The lowest BCUT2D eigenvalue weighted by Gasteiger charge is -2.17. The Morgan fingerprint density at radius 2 is 2.00 bits per heavy atom. The molecular weight excluding hydrogens is 270 g/mol. The summed E-state index contributed by atoms with van der Waals surface area (Å²) in [4.78, 5) is 19.2. The molecule has 2 rings (SSSR count). The Balaban J connectivity index is 2.25.